The predicted octanol–water partition coefficient (Wildman–Crippen LogP) is -2.96. The van der Waals surface area contributed by atoms with Gasteiger partial charge in [0.25, 0.3) is 0 Å². The molecule has 0 fully saturated rings. The van der Waals surface area contributed by atoms with E-state index in [0.717, 1.165) is 0 Å². The van der Waals surface area contributed by atoms with E-state index >= 15 is 0 Å². The van der Waals surface area contributed by atoms with Crippen LogP contribution in [0.1, 0.15) is 19.3 Å². The number of carbonyl (C=O) groups is 4. The summed E-state index contributed by atoms with van der Waals surface area (Å²) < 4.78 is 0. The first-order valence-electron chi connectivity index (χ1n) is 5.88. The fraction of sp³-hybridized carbons (Fsp3) is 0.636. The Bertz CT molecular complexity index is 366. The maximum atomic E-state index is 10.1. The summed E-state index contributed by atoms with van der Waals surface area (Å²) in [5.41, 5.74) is 0. The fourth-order valence-electron chi connectivity index (χ4n) is 1.01. The summed E-state index contributed by atoms with van der Waals surface area (Å²) in [4.78, 5) is 39.5. The van der Waals surface area contributed by atoms with E-state index in [1.807, 2.05) is 0 Å². The van der Waals surface area contributed by atoms with Gasteiger partial charge in [-0.1, -0.05) is 0 Å². The third-order valence-corrected chi connectivity index (χ3v) is 2.20. The third-order valence-electron chi connectivity index (χ3n) is 2.20. The van der Waals surface area contributed by atoms with Gasteiger partial charge in [-0.25, -0.2) is 4.79 Å². The molecule has 0 aromatic carbocycles. The minimum atomic E-state index is -2.25. The molecule has 0 spiro atoms. The number of carboxylic acid groups (broad SMARTS) is 3. The Balaban J connectivity index is 0. The number of rotatable bonds is 9. The largest absolute Gasteiger partial charge is 0.481 e. The monoisotopic (exact) mass is 326 g/mol. The van der Waals surface area contributed by atoms with Crippen molar-refractivity contribution in [1.82, 2.24) is 0 Å². The number of hydrogen-bond donors (Lipinski definition) is 7. The summed E-state index contributed by atoms with van der Waals surface area (Å²) in [6.45, 7) is 0. The molecule has 0 saturated heterocycles. The Hall–Kier alpha value is -2.08. The van der Waals surface area contributed by atoms with Crippen LogP contribution < -0.4 is 0 Å². The summed E-state index contributed by atoms with van der Waals surface area (Å²) >= 11 is 0. The number of carbonyl (C=O) groups excluding carboxylic acids is 1. The molecular formula is C11H18O11. The molecule has 0 aliphatic heterocycles. The van der Waals surface area contributed by atoms with Crippen LogP contribution >= 0.6 is 0 Å². The van der Waals surface area contributed by atoms with Gasteiger partial charge in [0.05, 0.1) is 0 Å². The maximum Gasteiger partial charge on any atom is 0.335 e. The minimum absolute atomic E-state index is 0.0632. The molecule has 0 heterocycles. The van der Waals surface area contributed by atoms with Gasteiger partial charge in [0.15, 0.2) is 12.4 Å². The van der Waals surface area contributed by atoms with Crippen LogP contribution in [0.3, 0.4) is 0 Å². The summed E-state index contributed by atoms with van der Waals surface area (Å²) in [5.74, 6) is -3.66. The standard InChI is InChI=1S/C6H10O7.C5H8O4/c7-1-2(8)3(9)4(10)5(11)6(12)13;6-4(7)2-1-3-5(8)9/h1-5,8-11H,(H,12,13);1-3H2,(H,6,7)(H,8,9)/t2-,3+,4-,5-;/m0./s1. The molecule has 0 aromatic rings. The predicted molar refractivity (Wildman–Crippen MR) is 66.8 cm³/mol. The lowest BCUT2D eigenvalue weighted by Crippen LogP contribution is -2.48. The van der Waals surface area contributed by atoms with E-state index in [9.17, 15) is 19.2 Å². The first-order chi connectivity index (χ1) is 10.0. The summed E-state index contributed by atoms with van der Waals surface area (Å²) in [5, 5.41) is 59.3. The smallest absolute Gasteiger partial charge is 0.335 e. The van der Waals surface area contributed by atoms with Crippen LogP contribution in [0.25, 0.3) is 0 Å². The lowest BCUT2D eigenvalue weighted by molar-refractivity contribution is -0.163. The Morgan fingerprint density at radius 2 is 1.23 bits per heavy atom. The van der Waals surface area contributed by atoms with E-state index < -0.39 is 42.3 Å². The molecule has 0 aliphatic rings. The van der Waals surface area contributed by atoms with E-state index in [4.69, 9.17) is 35.7 Å². The van der Waals surface area contributed by atoms with Crippen molar-refractivity contribution in [3.05, 3.63) is 0 Å². The molecule has 0 aliphatic carbocycles. The molecule has 128 valence electrons. The van der Waals surface area contributed by atoms with Crippen LogP contribution in [-0.4, -0.2) is 84.4 Å². The van der Waals surface area contributed by atoms with E-state index in [-0.39, 0.29) is 25.5 Å². The van der Waals surface area contributed by atoms with Crippen LogP contribution in [0, 0.1) is 0 Å². The topological polar surface area (TPSA) is 210 Å². The third kappa shape index (κ3) is 10.7. The van der Waals surface area contributed by atoms with Gasteiger partial charge in [-0.3, -0.25) is 9.59 Å². The van der Waals surface area contributed by atoms with Crippen molar-refractivity contribution in [3.8, 4) is 0 Å². The van der Waals surface area contributed by atoms with Crippen LogP contribution in [0.4, 0.5) is 0 Å². The van der Waals surface area contributed by atoms with Crippen LogP contribution in [0.5, 0.6) is 0 Å². The van der Waals surface area contributed by atoms with Crippen molar-refractivity contribution in [1.29, 1.82) is 0 Å². The molecule has 0 aromatic heterocycles. The number of aliphatic hydroxyl groups is 4. The summed E-state index contributed by atoms with van der Waals surface area (Å²) in [6.07, 6.45) is -8.30. The SMILES string of the molecule is O=C(O)CCCC(=O)O.O=C[C@H](O)[C@@H](O)[C@H](O)[C@H](O)C(=O)O. The summed E-state index contributed by atoms with van der Waals surface area (Å²) in [6, 6.07) is 0. The van der Waals surface area contributed by atoms with Crippen LogP contribution in [0.2, 0.25) is 0 Å². The molecular weight excluding hydrogens is 308 g/mol. The van der Waals surface area contributed by atoms with Crippen LogP contribution in [-0.2, 0) is 19.2 Å². The number of aliphatic carboxylic acids is 3. The molecule has 7 N–H and O–H groups in total. The quantitative estimate of drug-likeness (QED) is 0.213. The van der Waals surface area contributed by atoms with Gasteiger partial charge < -0.3 is 40.5 Å². The molecule has 11 nitrogen and oxygen atoms in total. The van der Waals surface area contributed by atoms with E-state index in [0.29, 0.717) is 0 Å². The van der Waals surface area contributed by atoms with Gasteiger partial charge in [-0.2, -0.15) is 0 Å². The molecule has 4 atom stereocenters. The van der Waals surface area contributed by atoms with Gasteiger partial charge in [0, 0.05) is 12.8 Å². The van der Waals surface area contributed by atoms with E-state index in [1.54, 1.807) is 0 Å². The highest BCUT2D eigenvalue weighted by atomic mass is 16.4. The van der Waals surface area contributed by atoms with Crippen molar-refractivity contribution >= 4 is 24.2 Å². The molecule has 0 rings (SSSR count). The molecule has 0 saturated carbocycles. The Labute approximate surface area is 124 Å². The zero-order valence-corrected chi connectivity index (χ0v) is 11.3. The zero-order valence-electron chi connectivity index (χ0n) is 11.3. The van der Waals surface area contributed by atoms with Crippen molar-refractivity contribution < 1.29 is 54.9 Å². The summed E-state index contributed by atoms with van der Waals surface area (Å²) in [7, 11) is 0. The van der Waals surface area contributed by atoms with Gasteiger partial charge in [0.1, 0.15) is 18.3 Å². The van der Waals surface area contributed by atoms with Gasteiger partial charge >= 0.3 is 17.9 Å². The average molecular weight is 326 g/mol. The zero-order chi connectivity index (χ0) is 17.9. The molecule has 22 heavy (non-hydrogen) atoms. The van der Waals surface area contributed by atoms with Crippen molar-refractivity contribution in [3.63, 3.8) is 0 Å². The van der Waals surface area contributed by atoms with Crippen LogP contribution in [0.15, 0.2) is 0 Å². The highest BCUT2D eigenvalue weighted by Gasteiger charge is 2.33. The Morgan fingerprint density at radius 3 is 1.50 bits per heavy atom. The van der Waals surface area contributed by atoms with Crippen molar-refractivity contribution in [2.75, 3.05) is 0 Å². The number of aliphatic hydroxyl groups excluding tert-OH is 4. The van der Waals surface area contributed by atoms with E-state index in [1.165, 1.54) is 0 Å². The molecule has 0 radical (unpaired) electrons. The lowest BCUT2D eigenvalue weighted by Gasteiger charge is -2.21. The number of hydrogen-bond acceptors (Lipinski definition) is 8. The Kier molecular flexibility index (Phi) is 11.7. The second-order valence-corrected chi connectivity index (χ2v) is 4.03. The second-order valence-electron chi connectivity index (χ2n) is 4.03. The molecule has 0 bridgehead atoms. The number of carboxylic acids is 3. The van der Waals surface area contributed by atoms with Crippen molar-refractivity contribution in [2.24, 2.45) is 0 Å². The molecule has 0 amide bonds. The maximum absolute atomic E-state index is 10.1. The minimum Gasteiger partial charge on any atom is -0.481 e. The fourth-order valence-corrected chi connectivity index (χ4v) is 1.01. The first-order valence-corrected chi connectivity index (χ1v) is 5.88. The molecule has 11 heteroatoms. The van der Waals surface area contributed by atoms with Crippen molar-refractivity contribution in [2.45, 2.75) is 43.7 Å². The highest BCUT2D eigenvalue weighted by molar-refractivity contribution is 5.73. The lowest BCUT2D eigenvalue weighted by atomic mass is 10.0. The normalized spacial score (nSPS) is 15.5. The van der Waals surface area contributed by atoms with Gasteiger partial charge in [-0.15, -0.1) is 0 Å². The molecule has 0 unspecified atom stereocenters. The average Bonchev–Trinajstić information content (AvgIpc) is 2.43. The van der Waals surface area contributed by atoms with E-state index in [2.05, 4.69) is 0 Å². The van der Waals surface area contributed by atoms with Gasteiger partial charge in [-0.05, 0) is 6.42 Å². The Morgan fingerprint density at radius 1 is 0.818 bits per heavy atom. The highest BCUT2D eigenvalue weighted by Crippen LogP contribution is 2.03. The number of aldehydes is 1. The second kappa shape index (κ2) is 11.6. The first kappa shape index (κ1) is 22.2. The van der Waals surface area contributed by atoms with Gasteiger partial charge in [0.2, 0.25) is 0 Å².